The highest BCUT2D eigenvalue weighted by Gasteiger charge is 2.20. The van der Waals surface area contributed by atoms with Crippen LogP contribution in [0.15, 0.2) is 24.3 Å². The van der Waals surface area contributed by atoms with Crippen molar-refractivity contribution in [2.24, 2.45) is 0 Å². The number of hydrogen-bond acceptors (Lipinski definition) is 4. The van der Waals surface area contributed by atoms with E-state index in [2.05, 4.69) is 50.4 Å². The molecule has 0 radical (unpaired) electrons. The fourth-order valence-electron chi connectivity index (χ4n) is 2.17. The van der Waals surface area contributed by atoms with E-state index in [1.54, 1.807) is 11.8 Å². The van der Waals surface area contributed by atoms with Crippen LogP contribution in [0.3, 0.4) is 0 Å². The van der Waals surface area contributed by atoms with Gasteiger partial charge in [0.2, 0.25) is 0 Å². The monoisotopic (exact) mass is 309 g/mol. The van der Waals surface area contributed by atoms with E-state index in [9.17, 15) is 4.79 Å². The smallest absolute Gasteiger partial charge is 0.315 e. The van der Waals surface area contributed by atoms with E-state index >= 15 is 0 Å². The number of hydrogen-bond donors (Lipinski definition) is 1. The normalized spacial score (nSPS) is 13.7. The number of nitrogens with one attached hydrogen (secondary N) is 1. The molecule has 0 aliphatic rings. The molecular formula is C17H27NO2S. The van der Waals surface area contributed by atoms with Gasteiger partial charge in [-0.25, -0.2) is 0 Å². The van der Waals surface area contributed by atoms with Gasteiger partial charge in [0.25, 0.3) is 0 Å². The molecule has 2 atom stereocenters. The van der Waals surface area contributed by atoms with Gasteiger partial charge in [0.1, 0.15) is 0 Å². The molecule has 1 rings (SSSR count). The summed E-state index contributed by atoms with van der Waals surface area (Å²) in [4.78, 5) is 11.3. The van der Waals surface area contributed by atoms with Crippen LogP contribution in [0.2, 0.25) is 0 Å². The lowest BCUT2D eigenvalue weighted by molar-refractivity contribution is -0.137. The Kier molecular flexibility index (Phi) is 8.47. The van der Waals surface area contributed by atoms with E-state index in [4.69, 9.17) is 4.74 Å². The van der Waals surface area contributed by atoms with Crippen LogP contribution < -0.4 is 5.32 Å². The minimum Gasteiger partial charge on any atom is -0.468 e. The number of carbonyl (C=O) groups is 1. The molecule has 1 aromatic rings. The Bertz CT molecular complexity index is 419. The molecule has 21 heavy (non-hydrogen) atoms. The summed E-state index contributed by atoms with van der Waals surface area (Å²) in [6.07, 6.45) is 2.15. The SMILES string of the molecule is CCCNC(c1ccc(CC)cc1)C(C)SCC(=O)OC. The Morgan fingerprint density at radius 1 is 1.29 bits per heavy atom. The molecular weight excluding hydrogens is 282 g/mol. The predicted octanol–water partition coefficient (Wildman–Crippen LogP) is 3.58. The Hall–Kier alpha value is -1.00. The van der Waals surface area contributed by atoms with Crippen molar-refractivity contribution in [3.05, 3.63) is 35.4 Å². The van der Waals surface area contributed by atoms with Gasteiger partial charge in [0, 0.05) is 11.3 Å². The highest BCUT2D eigenvalue weighted by Crippen LogP contribution is 2.27. The standard InChI is InChI=1S/C17H27NO2S/c1-5-11-18-17(13(3)21-12-16(19)20-4)15-9-7-14(6-2)8-10-15/h7-10,13,17-18H,5-6,11-12H2,1-4H3. The molecule has 0 amide bonds. The van der Waals surface area contributed by atoms with Crippen LogP contribution in [0, 0.1) is 0 Å². The lowest BCUT2D eigenvalue weighted by atomic mass is 10.0. The summed E-state index contributed by atoms with van der Waals surface area (Å²) in [7, 11) is 1.43. The molecule has 0 saturated heterocycles. The zero-order chi connectivity index (χ0) is 15.7. The van der Waals surface area contributed by atoms with Crippen LogP contribution in [0.4, 0.5) is 0 Å². The lowest BCUT2D eigenvalue weighted by Gasteiger charge is -2.25. The van der Waals surface area contributed by atoms with E-state index in [1.165, 1.54) is 18.2 Å². The lowest BCUT2D eigenvalue weighted by Crippen LogP contribution is -2.30. The van der Waals surface area contributed by atoms with E-state index < -0.39 is 0 Å². The molecule has 0 fully saturated rings. The van der Waals surface area contributed by atoms with Gasteiger partial charge in [-0.1, -0.05) is 45.0 Å². The van der Waals surface area contributed by atoms with Gasteiger partial charge in [-0.05, 0) is 30.5 Å². The maximum absolute atomic E-state index is 11.3. The fourth-order valence-corrected chi connectivity index (χ4v) is 3.13. The van der Waals surface area contributed by atoms with Crippen molar-refractivity contribution in [3.8, 4) is 0 Å². The summed E-state index contributed by atoms with van der Waals surface area (Å²) in [5, 5.41) is 3.90. The molecule has 118 valence electrons. The summed E-state index contributed by atoms with van der Waals surface area (Å²) >= 11 is 1.64. The Morgan fingerprint density at radius 3 is 2.48 bits per heavy atom. The van der Waals surface area contributed by atoms with Crippen LogP contribution in [-0.2, 0) is 16.0 Å². The Labute approximate surface area is 132 Å². The molecule has 0 saturated carbocycles. The molecule has 0 aliphatic carbocycles. The van der Waals surface area contributed by atoms with E-state index in [0.717, 1.165) is 19.4 Å². The second kappa shape index (κ2) is 9.85. The predicted molar refractivity (Wildman–Crippen MR) is 90.8 cm³/mol. The van der Waals surface area contributed by atoms with E-state index in [1.807, 2.05) is 0 Å². The quantitative estimate of drug-likeness (QED) is 0.708. The van der Waals surface area contributed by atoms with Crippen molar-refractivity contribution >= 4 is 17.7 Å². The number of carbonyl (C=O) groups excluding carboxylic acids is 1. The minimum absolute atomic E-state index is 0.164. The van der Waals surface area contributed by atoms with Gasteiger partial charge in [0.05, 0.1) is 12.9 Å². The second-order valence-corrected chi connectivity index (χ2v) is 6.48. The molecule has 0 heterocycles. The maximum atomic E-state index is 11.3. The molecule has 1 aromatic carbocycles. The number of methoxy groups -OCH3 is 1. The van der Waals surface area contributed by atoms with Crippen LogP contribution in [0.25, 0.3) is 0 Å². The summed E-state index contributed by atoms with van der Waals surface area (Å²) in [5.74, 6) is 0.233. The highest BCUT2D eigenvalue weighted by molar-refractivity contribution is 8.00. The van der Waals surface area contributed by atoms with Crippen LogP contribution in [0.1, 0.15) is 44.4 Å². The van der Waals surface area contributed by atoms with Gasteiger partial charge >= 0.3 is 5.97 Å². The number of benzene rings is 1. The molecule has 3 nitrogen and oxygen atoms in total. The number of rotatable bonds is 9. The minimum atomic E-state index is -0.164. The first-order valence-corrected chi connectivity index (χ1v) is 8.67. The highest BCUT2D eigenvalue weighted by atomic mass is 32.2. The van der Waals surface area contributed by atoms with Gasteiger partial charge in [-0.15, -0.1) is 11.8 Å². The van der Waals surface area contributed by atoms with Crippen molar-refractivity contribution in [2.75, 3.05) is 19.4 Å². The first kappa shape index (κ1) is 18.1. The molecule has 4 heteroatoms. The second-order valence-electron chi connectivity index (χ2n) is 5.12. The first-order valence-electron chi connectivity index (χ1n) is 7.63. The van der Waals surface area contributed by atoms with Crippen molar-refractivity contribution in [1.29, 1.82) is 0 Å². The van der Waals surface area contributed by atoms with Crippen LogP contribution in [0.5, 0.6) is 0 Å². The first-order chi connectivity index (χ1) is 10.1. The molecule has 1 N–H and O–H groups in total. The maximum Gasteiger partial charge on any atom is 0.315 e. The van der Waals surface area contributed by atoms with E-state index in [0.29, 0.717) is 11.0 Å². The summed E-state index contributed by atoms with van der Waals surface area (Å²) < 4.78 is 4.72. The average molecular weight is 309 g/mol. The van der Waals surface area contributed by atoms with Crippen LogP contribution >= 0.6 is 11.8 Å². The van der Waals surface area contributed by atoms with Gasteiger partial charge < -0.3 is 10.1 Å². The largest absolute Gasteiger partial charge is 0.468 e. The number of aryl methyl sites for hydroxylation is 1. The van der Waals surface area contributed by atoms with E-state index in [-0.39, 0.29) is 12.0 Å². The molecule has 0 aliphatic heterocycles. The topological polar surface area (TPSA) is 38.3 Å². The van der Waals surface area contributed by atoms with Crippen molar-refractivity contribution in [1.82, 2.24) is 5.32 Å². The summed E-state index contributed by atoms with van der Waals surface area (Å²) in [6.45, 7) is 7.46. The van der Waals surface area contributed by atoms with Crippen molar-refractivity contribution in [3.63, 3.8) is 0 Å². The molecule has 0 spiro atoms. The third-order valence-corrected chi connectivity index (χ3v) is 4.72. The zero-order valence-electron chi connectivity index (χ0n) is 13.5. The van der Waals surface area contributed by atoms with Crippen molar-refractivity contribution < 1.29 is 9.53 Å². The molecule has 0 bridgehead atoms. The van der Waals surface area contributed by atoms with Crippen molar-refractivity contribution in [2.45, 2.75) is 44.9 Å². The fraction of sp³-hybridized carbons (Fsp3) is 0.588. The third kappa shape index (κ3) is 6.10. The Morgan fingerprint density at radius 2 is 1.95 bits per heavy atom. The molecule has 0 aromatic heterocycles. The zero-order valence-corrected chi connectivity index (χ0v) is 14.3. The van der Waals surface area contributed by atoms with Gasteiger partial charge in [-0.2, -0.15) is 0 Å². The summed E-state index contributed by atoms with van der Waals surface area (Å²) in [6, 6.07) is 9.02. The summed E-state index contributed by atoms with van der Waals surface area (Å²) in [5.41, 5.74) is 2.63. The molecule has 2 unspecified atom stereocenters. The number of ether oxygens (including phenoxy) is 1. The Balaban J connectivity index is 2.74. The number of thioether (sulfide) groups is 1. The van der Waals surface area contributed by atoms with Gasteiger partial charge in [0.15, 0.2) is 0 Å². The average Bonchev–Trinajstić information content (AvgIpc) is 2.53. The number of esters is 1. The van der Waals surface area contributed by atoms with Gasteiger partial charge in [-0.3, -0.25) is 4.79 Å². The van der Waals surface area contributed by atoms with Crippen LogP contribution in [-0.4, -0.2) is 30.6 Å². The third-order valence-electron chi connectivity index (χ3n) is 3.52.